The van der Waals surface area contributed by atoms with Gasteiger partial charge < -0.3 is 51.1 Å². The molecular weight excluding hydrogens is 745 g/mol. The Hall–Kier alpha value is 0.199. The first-order valence-corrected chi connectivity index (χ1v) is 15.3. The molecule has 0 fully saturated rings. The Bertz CT molecular complexity index is 690. The number of ether oxygens (including phenoxy) is 2. The van der Waals surface area contributed by atoms with Gasteiger partial charge in [-0.05, 0) is 92.9 Å². The van der Waals surface area contributed by atoms with E-state index in [1.54, 1.807) is 55.4 Å². The van der Waals surface area contributed by atoms with Gasteiger partial charge in [-0.15, -0.1) is 0 Å². The third-order valence-electron chi connectivity index (χ3n) is 7.65. The largest absolute Gasteiger partial charge is 2.00 e. The van der Waals surface area contributed by atoms with E-state index in [0.717, 1.165) is 51.4 Å². The summed E-state index contributed by atoms with van der Waals surface area (Å²) in [5, 5.41) is 37.7. The maximum Gasteiger partial charge on any atom is 2.00 e. The summed E-state index contributed by atoms with van der Waals surface area (Å²) in [5.41, 5.74) is -2.77. The number of carboxylic acid groups (broad SMARTS) is 4. The summed E-state index contributed by atoms with van der Waals surface area (Å²) >= 11 is 0. The standard InChI is InChI=1S/2C16H30O5.6CH4.2Ca.3H2O/c2*1-15(2,13(17)18)9-5-7-11-21-12-8-6-10-16(3,4)14(19)20;;;;;;;;;;;/h2*5-12H2,1-4H3,(H,17,18)(H,19,20);6*1H4;;;3*1H2/q;;;;;;;;2*+2;;;/p-3. The predicted octanol–water partition coefficient (Wildman–Crippen LogP) is 7.67. The third-order valence-corrected chi connectivity index (χ3v) is 7.65. The minimum Gasteiger partial charge on any atom is -0.870 e. The molecule has 7 N–H and O–H groups in total. The summed E-state index contributed by atoms with van der Waals surface area (Å²) in [6, 6.07) is 0. The molecule has 320 valence electrons. The molecular formula is C38H87Ca2O13+. The van der Waals surface area contributed by atoms with E-state index in [2.05, 4.69) is 0 Å². The van der Waals surface area contributed by atoms with Gasteiger partial charge in [-0.25, -0.2) is 0 Å². The van der Waals surface area contributed by atoms with Crippen LogP contribution in [-0.2, 0) is 28.7 Å². The molecule has 0 amide bonds. The summed E-state index contributed by atoms with van der Waals surface area (Å²) in [4.78, 5) is 43.5. The maximum absolute atomic E-state index is 10.9. The summed E-state index contributed by atoms with van der Waals surface area (Å²) in [6.45, 7) is 16.3. The summed E-state index contributed by atoms with van der Waals surface area (Å²) in [7, 11) is 0. The van der Waals surface area contributed by atoms with E-state index in [0.29, 0.717) is 52.1 Å². The Labute approximate surface area is 386 Å². The molecule has 0 bridgehead atoms. The number of hydrogen-bond acceptors (Lipinski definition) is 9. The molecule has 0 aromatic rings. The number of carbonyl (C=O) groups is 4. The molecule has 0 aliphatic heterocycles. The van der Waals surface area contributed by atoms with Crippen molar-refractivity contribution < 1.29 is 65.5 Å². The zero-order valence-electron chi connectivity index (χ0n) is 30.3. The van der Waals surface area contributed by atoms with Crippen LogP contribution in [0.15, 0.2) is 0 Å². The van der Waals surface area contributed by atoms with Crippen molar-refractivity contribution >= 4 is 99.4 Å². The van der Waals surface area contributed by atoms with Crippen molar-refractivity contribution in [3.63, 3.8) is 0 Å². The first-order chi connectivity index (χ1) is 19.2. The van der Waals surface area contributed by atoms with Gasteiger partial charge in [0.2, 0.25) is 0 Å². The molecule has 0 radical (unpaired) electrons. The second kappa shape index (κ2) is 46.6. The molecule has 0 aromatic carbocycles. The summed E-state index contributed by atoms with van der Waals surface area (Å²) in [6.07, 6.45) is 9.24. The fourth-order valence-corrected chi connectivity index (χ4v) is 3.71. The smallest absolute Gasteiger partial charge is 0.870 e. The zero-order valence-corrected chi connectivity index (χ0v) is 34.7. The number of carbonyl (C=O) groups excluding carboxylic acids is 1. The van der Waals surface area contributed by atoms with E-state index in [1.807, 2.05) is 0 Å². The normalized spacial score (nSPS) is 9.81. The van der Waals surface area contributed by atoms with Crippen LogP contribution in [-0.4, -0.2) is 158 Å². The van der Waals surface area contributed by atoms with Crippen molar-refractivity contribution in [2.75, 3.05) is 26.4 Å². The average Bonchev–Trinajstić information content (AvgIpc) is 2.86. The van der Waals surface area contributed by atoms with Crippen molar-refractivity contribution in [2.24, 2.45) is 21.7 Å². The fraction of sp³-hybridized carbons (Fsp3) is 0.895. The van der Waals surface area contributed by atoms with Crippen LogP contribution in [0.25, 0.3) is 0 Å². The first kappa shape index (κ1) is 89.7. The van der Waals surface area contributed by atoms with Crippen LogP contribution in [0.1, 0.15) is 177 Å². The van der Waals surface area contributed by atoms with Crippen LogP contribution in [0.3, 0.4) is 0 Å². The minimum atomic E-state index is -1.01. The molecule has 0 aromatic heterocycles. The molecule has 0 saturated carbocycles. The third kappa shape index (κ3) is 48.3. The van der Waals surface area contributed by atoms with E-state index in [-0.39, 0.29) is 136 Å². The molecule has 0 spiro atoms. The molecule has 0 heterocycles. The molecule has 15 heteroatoms. The molecule has 0 unspecified atom stereocenters. The fourth-order valence-electron chi connectivity index (χ4n) is 3.71. The topological polar surface area (TPSA) is 262 Å². The molecule has 53 heavy (non-hydrogen) atoms. The van der Waals surface area contributed by atoms with Crippen molar-refractivity contribution in [1.82, 2.24) is 0 Å². The Morgan fingerprint density at radius 3 is 0.755 bits per heavy atom. The van der Waals surface area contributed by atoms with Gasteiger partial charge in [0.15, 0.2) is 0 Å². The monoisotopic (exact) mass is 832 g/mol. The second-order valence-corrected chi connectivity index (χ2v) is 13.8. The van der Waals surface area contributed by atoms with Crippen LogP contribution in [0, 0.1) is 21.7 Å². The van der Waals surface area contributed by atoms with E-state index in [9.17, 15) is 24.3 Å². The quantitative estimate of drug-likeness (QED) is 0.0625. The van der Waals surface area contributed by atoms with Gasteiger partial charge in [0.05, 0.1) is 16.2 Å². The SMILES string of the molecule is C.C.C.C.C.C.CC(C)(CCCCOCCCCC(C)(C)C(=O)O)C(=O)O.CC(C)(CCCCOCCCCC(C)(C)C(=O)O)C(=O)[O-].O.[Ca+2].[Ca+2].[OH-].[OH-]. The number of carboxylic acids is 4. The average molecular weight is 832 g/mol. The van der Waals surface area contributed by atoms with E-state index in [1.165, 1.54) is 0 Å². The van der Waals surface area contributed by atoms with Crippen molar-refractivity contribution in [3.8, 4) is 0 Å². The molecule has 0 rings (SSSR count). The molecule has 0 saturated heterocycles. The van der Waals surface area contributed by atoms with Gasteiger partial charge in [-0.2, -0.15) is 0 Å². The Morgan fingerprint density at radius 1 is 0.434 bits per heavy atom. The van der Waals surface area contributed by atoms with Crippen molar-refractivity contribution in [3.05, 3.63) is 0 Å². The zero-order chi connectivity index (χ0) is 33.0. The number of aliphatic carboxylic acids is 4. The maximum atomic E-state index is 10.9. The van der Waals surface area contributed by atoms with Crippen LogP contribution in [0.2, 0.25) is 0 Å². The summed E-state index contributed by atoms with van der Waals surface area (Å²) in [5.74, 6) is -3.29. The van der Waals surface area contributed by atoms with Crippen LogP contribution in [0.4, 0.5) is 0 Å². The number of hydrogen-bond donors (Lipinski definition) is 3. The van der Waals surface area contributed by atoms with Gasteiger partial charge in [0.25, 0.3) is 0 Å². The van der Waals surface area contributed by atoms with Crippen LogP contribution < -0.4 is 5.11 Å². The number of unbranched alkanes of at least 4 members (excludes halogenated alkanes) is 4. The van der Waals surface area contributed by atoms with Crippen molar-refractivity contribution in [2.45, 2.75) is 177 Å². The minimum absolute atomic E-state index is 0. The number of rotatable bonds is 24. The molecule has 0 aliphatic carbocycles. The molecule has 0 aliphatic rings. The van der Waals surface area contributed by atoms with Gasteiger partial charge in [0, 0.05) is 37.8 Å². The Balaban J connectivity index is -0.0000000455. The first-order valence-electron chi connectivity index (χ1n) is 15.3. The molecule has 0 atom stereocenters. The van der Waals surface area contributed by atoms with E-state index < -0.39 is 45.5 Å². The Kier molecular flexibility index (Phi) is 78.8. The Morgan fingerprint density at radius 2 is 0.604 bits per heavy atom. The second-order valence-electron chi connectivity index (χ2n) is 13.8. The van der Waals surface area contributed by atoms with Crippen LogP contribution in [0.5, 0.6) is 0 Å². The molecule has 13 nitrogen and oxygen atoms in total. The van der Waals surface area contributed by atoms with Gasteiger partial charge in [0.1, 0.15) is 0 Å². The van der Waals surface area contributed by atoms with E-state index in [4.69, 9.17) is 24.8 Å². The predicted molar refractivity (Wildman–Crippen MR) is 219 cm³/mol. The van der Waals surface area contributed by atoms with Crippen molar-refractivity contribution in [1.29, 1.82) is 0 Å². The van der Waals surface area contributed by atoms with Gasteiger partial charge >= 0.3 is 93.4 Å². The van der Waals surface area contributed by atoms with Gasteiger partial charge in [-0.3, -0.25) is 14.4 Å². The van der Waals surface area contributed by atoms with E-state index >= 15 is 0 Å². The van der Waals surface area contributed by atoms with Gasteiger partial charge in [-0.1, -0.05) is 84.1 Å². The van der Waals surface area contributed by atoms with Crippen LogP contribution >= 0.6 is 0 Å². The summed E-state index contributed by atoms with van der Waals surface area (Å²) < 4.78 is 11.0.